The molecule has 0 saturated heterocycles. The number of hydrogen-bond acceptors (Lipinski definition) is 1. The summed E-state index contributed by atoms with van der Waals surface area (Å²) in [6.07, 6.45) is 2.33. The van der Waals surface area contributed by atoms with Crippen LogP contribution in [0.1, 0.15) is 24.5 Å². The lowest BCUT2D eigenvalue weighted by atomic mass is 10.1. The van der Waals surface area contributed by atoms with Gasteiger partial charge in [0.05, 0.1) is 0 Å². The van der Waals surface area contributed by atoms with Gasteiger partial charge in [-0.2, -0.15) is 0 Å². The minimum absolute atomic E-state index is 1.14. The summed E-state index contributed by atoms with van der Waals surface area (Å²) < 4.78 is 0. The SMILES string of the molecule is CCCc1cccc(C)c1S. The minimum atomic E-state index is 1.14. The van der Waals surface area contributed by atoms with E-state index in [0.29, 0.717) is 0 Å². The Hall–Kier alpha value is -0.430. The van der Waals surface area contributed by atoms with Gasteiger partial charge in [-0.3, -0.25) is 0 Å². The summed E-state index contributed by atoms with van der Waals surface area (Å²) in [6, 6.07) is 6.35. The molecule has 11 heavy (non-hydrogen) atoms. The molecule has 1 aromatic carbocycles. The standard InChI is InChI=1S/C10H14S/c1-3-5-9-7-4-6-8(2)10(9)11/h4,6-7,11H,3,5H2,1-2H3. The molecule has 0 N–H and O–H groups in total. The average molecular weight is 166 g/mol. The fraction of sp³-hybridized carbons (Fsp3) is 0.400. The first-order valence-electron chi connectivity index (χ1n) is 4.03. The van der Waals surface area contributed by atoms with Crippen molar-refractivity contribution in [1.82, 2.24) is 0 Å². The van der Waals surface area contributed by atoms with Crippen molar-refractivity contribution in [2.45, 2.75) is 31.6 Å². The normalized spacial score (nSPS) is 10.1. The van der Waals surface area contributed by atoms with Gasteiger partial charge in [-0.1, -0.05) is 31.5 Å². The van der Waals surface area contributed by atoms with Crippen LogP contribution < -0.4 is 0 Å². The quantitative estimate of drug-likeness (QED) is 0.641. The van der Waals surface area contributed by atoms with Gasteiger partial charge in [0.2, 0.25) is 0 Å². The van der Waals surface area contributed by atoms with E-state index in [0.717, 1.165) is 11.3 Å². The molecule has 0 aliphatic heterocycles. The van der Waals surface area contributed by atoms with Crippen LogP contribution in [0.5, 0.6) is 0 Å². The summed E-state index contributed by atoms with van der Waals surface area (Å²) in [5, 5.41) is 0. The molecule has 60 valence electrons. The molecule has 1 rings (SSSR count). The van der Waals surface area contributed by atoms with Crippen LogP contribution in [0.15, 0.2) is 23.1 Å². The third-order valence-corrected chi connectivity index (χ3v) is 2.48. The van der Waals surface area contributed by atoms with Gasteiger partial charge in [-0.25, -0.2) is 0 Å². The molecule has 0 heterocycles. The van der Waals surface area contributed by atoms with Crippen molar-refractivity contribution < 1.29 is 0 Å². The fourth-order valence-electron chi connectivity index (χ4n) is 1.19. The van der Waals surface area contributed by atoms with Crippen LogP contribution in [0.3, 0.4) is 0 Å². The summed E-state index contributed by atoms with van der Waals surface area (Å²) in [5.41, 5.74) is 2.65. The highest BCUT2D eigenvalue weighted by Crippen LogP contribution is 2.19. The Morgan fingerprint density at radius 1 is 1.36 bits per heavy atom. The molecular formula is C10H14S. The van der Waals surface area contributed by atoms with Crippen LogP contribution in [0.4, 0.5) is 0 Å². The molecule has 0 bridgehead atoms. The lowest BCUT2D eigenvalue weighted by molar-refractivity contribution is 0.897. The van der Waals surface area contributed by atoms with Crippen LogP contribution in [0, 0.1) is 6.92 Å². The van der Waals surface area contributed by atoms with E-state index in [1.165, 1.54) is 17.5 Å². The summed E-state index contributed by atoms with van der Waals surface area (Å²) in [4.78, 5) is 1.16. The van der Waals surface area contributed by atoms with Crippen molar-refractivity contribution in [2.75, 3.05) is 0 Å². The predicted molar refractivity (Wildman–Crippen MR) is 52.4 cm³/mol. The Morgan fingerprint density at radius 2 is 2.09 bits per heavy atom. The molecule has 0 radical (unpaired) electrons. The molecule has 0 saturated carbocycles. The van der Waals surface area contributed by atoms with Crippen LogP contribution in [-0.4, -0.2) is 0 Å². The van der Waals surface area contributed by atoms with Gasteiger partial charge in [0.1, 0.15) is 0 Å². The van der Waals surface area contributed by atoms with E-state index in [2.05, 4.69) is 44.7 Å². The molecule has 0 aliphatic rings. The first kappa shape index (κ1) is 8.66. The van der Waals surface area contributed by atoms with Gasteiger partial charge < -0.3 is 0 Å². The van der Waals surface area contributed by atoms with Crippen molar-refractivity contribution >= 4 is 12.6 Å². The first-order valence-corrected chi connectivity index (χ1v) is 4.48. The Morgan fingerprint density at radius 3 is 2.73 bits per heavy atom. The largest absolute Gasteiger partial charge is 0.143 e. The highest BCUT2D eigenvalue weighted by atomic mass is 32.1. The molecule has 0 amide bonds. The molecular weight excluding hydrogens is 152 g/mol. The summed E-state index contributed by atoms with van der Waals surface area (Å²) in [6.45, 7) is 4.29. The maximum atomic E-state index is 4.45. The Balaban J connectivity index is 2.96. The lowest BCUT2D eigenvalue weighted by Crippen LogP contribution is -1.87. The fourth-order valence-corrected chi connectivity index (χ4v) is 1.45. The molecule has 0 atom stereocenters. The molecule has 0 spiro atoms. The molecule has 1 aromatic rings. The topological polar surface area (TPSA) is 0 Å². The Kier molecular flexibility index (Phi) is 3.01. The maximum Gasteiger partial charge on any atom is 0.0101 e. The van der Waals surface area contributed by atoms with E-state index in [4.69, 9.17) is 0 Å². The lowest BCUT2D eigenvalue weighted by Gasteiger charge is -2.05. The van der Waals surface area contributed by atoms with Crippen LogP contribution in [-0.2, 0) is 6.42 Å². The number of thiol groups is 1. The van der Waals surface area contributed by atoms with E-state index in [9.17, 15) is 0 Å². The third kappa shape index (κ3) is 2.00. The summed E-state index contributed by atoms with van der Waals surface area (Å²) in [5.74, 6) is 0. The second-order valence-corrected chi connectivity index (χ2v) is 3.28. The highest BCUT2D eigenvalue weighted by Gasteiger charge is 1.98. The predicted octanol–water partition coefficient (Wildman–Crippen LogP) is 3.24. The van der Waals surface area contributed by atoms with Gasteiger partial charge in [0.25, 0.3) is 0 Å². The van der Waals surface area contributed by atoms with Crippen LogP contribution >= 0.6 is 12.6 Å². The van der Waals surface area contributed by atoms with E-state index >= 15 is 0 Å². The van der Waals surface area contributed by atoms with Crippen molar-refractivity contribution in [3.8, 4) is 0 Å². The van der Waals surface area contributed by atoms with Gasteiger partial charge in [-0.15, -0.1) is 12.6 Å². The summed E-state index contributed by atoms with van der Waals surface area (Å²) >= 11 is 4.45. The number of rotatable bonds is 2. The first-order chi connectivity index (χ1) is 5.25. The zero-order valence-corrected chi connectivity index (χ0v) is 7.99. The van der Waals surface area contributed by atoms with E-state index in [1.807, 2.05) is 0 Å². The van der Waals surface area contributed by atoms with Crippen molar-refractivity contribution in [3.05, 3.63) is 29.3 Å². The van der Waals surface area contributed by atoms with Crippen molar-refractivity contribution in [1.29, 1.82) is 0 Å². The van der Waals surface area contributed by atoms with E-state index < -0.39 is 0 Å². The molecule has 0 fully saturated rings. The van der Waals surface area contributed by atoms with Crippen molar-refractivity contribution in [3.63, 3.8) is 0 Å². The van der Waals surface area contributed by atoms with Gasteiger partial charge in [0, 0.05) is 4.90 Å². The van der Waals surface area contributed by atoms with Crippen LogP contribution in [0.2, 0.25) is 0 Å². The second-order valence-electron chi connectivity index (χ2n) is 2.83. The second kappa shape index (κ2) is 3.82. The third-order valence-electron chi connectivity index (χ3n) is 1.84. The molecule has 1 heteroatoms. The van der Waals surface area contributed by atoms with Crippen LogP contribution in [0.25, 0.3) is 0 Å². The van der Waals surface area contributed by atoms with Gasteiger partial charge >= 0.3 is 0 Å². The number of hydrogen-bond donors (Lipinski definition) is 1. The highest BCUT2D eigenvalue weighted by molar-refractivity contribution is 7.80. The minimum Gasteiger partial charge on any atom is -0.143 e. The molecule has 0 unspecified atom stereocenters. The molecule has 0 nitrogen and oxygen atoms in total. The van der Waals surface area contributed by atoms with E-state index in [1.54, 1.807) is 0 Å². The number of aryl methyl sites for hydroxylation is 2. The smallest absolute Gasteiger partial charge is 0.0101 e. The molecule has 0 aromatic heterocycles. The maximum absolute atomic E-state index is 4.45. The Labute approximate surface area is 74.0 Å². The number of benzene rings is 1. The zero-order valence-electron chi connectivity index (χ0n) is 7.09. The monoisotopic (exact) mass is 166 g/mol. The van der Waals surface area contributed by atoms with Gasteiger partial charge in [-0.05, 0) is 24.5 Å². The van der Waals surface area contributed by atoms with Gasteiger partial charge in [0.15, 0.2) is 0 Å². The Bertz CT molecular complexity index is 241. The van der Waals surface area contributed by atoms with E-state index in [-0.39, 0.29) is 0 Å². The average Bonchev–Trinajstić information content (AvgIpc) is 1.99. The zero-order chi connectivity index (χ0) is 8.27. The van der Waals surface area contributed by atoms with Crippen molar-refractivity contribution in [2.24, 2.45) is 0 Å². The molecule has 0 aliphatic carbocycles. The summed E-state index contributed by atoms with van der Waals surface area (Å²) in [7, 11) is 0.